The first-order valence-corrected chi connectivity index (χ1v) is 13.6. The number of amides is 2. The molecule has 1 N–H and O–H groups in total. The average Bonchev–Trinajstić information content (AvgIpc) is 3.74. The van der Waals surface area contributed by atoms with E-state index in [9.17, 15) is 9.59 Å². The Kier molecular flexibility index (Phi) is 7.50. The summed E-state index contributed by atoms with van der Waals surface area (Å²) in [5, 5.41) is 4.14. The third kappa shape index (κ3) is 4.82. The highest BCUT2D eigenvalue weighted by molar-refractivity contribution is 6.42. The van der Waals surface area contributed by atoms with Gasteiger partial charge in [0.25, 0.3) is 5.91 Å². The van der Waals surface area contributed by atoms with E-state index in [0.717, 1.165) is 37.7 Å². The number of carbonyl (C=O) groups is 2. The lowest BCUT2D eigenvalue weighted by atomic mass is 9.78. The quantitative estimate of drug-likeness (QED) is 0.525. The lowest BCUT2D eigenvalue weighted by Crippen LogP contribution is -2.65. The van der Waals surface area contributed by atoms with E-state index in [4.69, 9.17) is 37.4 Å². The summed E-state index contributed by atoms with van der Waals surface area (Å²) in [6.07, 6.45) is 4.70. The first-order chi connectivity index (χ1) is 18.2. The molecule has 2 amide bonds. The van der Waals surface area contributed by atoms with E-state index in [1.807, 2.05) is 6.07 Å². The predicted octanol–water partition coefficient (Wildman–Crippen LogP) is 5.15. The highest BCUT2D eigenvalue weighted by atomic mass is 35.5. The van der Waals surface area contributed by atoms with Gasteiger partial charge in [-0.25, -0.2) is 4.39 Å². The second kappa shape index (κ2) is 10.5. The summed E-state index contributed by atoms with van der Waals surface area (Å²) in [6, 6.07) is 7.84. The van der Waals surface area contributed by atoms with Gasteiger partial charge in [-0.05, 0) is 49.4 Å². The summed E-state index contributed by atoms with van der Waals surface area (Å²) in [5.41, 5.74) is -0.670. The zero-order valence-electron chi connectivity index (χ0n) is 21.5. The molecular weight excluding hydrogens is 534 g/mol. The topological polar surface area (TPSA) is 77.1 Å². The van der Waals surface area contributed by atoms with E-state index in [0.29, 0.717) is 35.4 Å². The molecule has 2 saturated carbocycles. The van der Waals surface area contributed by atoms with Crippen LogP contribution in [0.1, 0.15) is 54.4 Å². The molecule has 38 heavy (non-hydrogen) atoms. The van der Waals surface area contributed by atoms with Crippen molar-refractivity contribution >= 4 is 35.0 Å². The van der Waals surface area contributed by atoms with Gasteiger partial charge < -0.3 is 24.4 Å². The number of carbonyl (C=O) groups excluding carboxylic acids is 2. The highest BCUT2D eigenvalue weighted by Crippen LogP contribution is 2.50. The van der Waals surface area contributed by atoms with Crippen LogP contribution < -0.4 is 14.8 Å². The van der Waals surface area contributed by atoms with Crippen LogP contribution >= 0.6 is 23.2 Å². The van der Waals surface area contributed by atoms with Crippen molar-refractivity contribution in [3.05, 3.63) is 57.3 Å². The third-order valence-corrected chi connectivity index (χ3v) is 8.87. The summed E-state index contributed by atoms with van der Waals surface area (Å²) in [6.45, 7) is 0.849. The van der Waals surface area contributed by atoms with Gasteiger partial charge in [-0.2, -0.15) is 0 Å². The van der Waals surface area contributed by atoms with Crippen LogP contribution in [0.3, 0.4) is 0 Å². The molecule has 204 valence electrons. The van der Waals surface area contributed by atoms with E-state index in [-0.39, 0.29) is 29.8 Å². The minimum absolute atomic E-state index is 0.0597. The first-order valence-electron chi connectivity index (χ1n) is 12.8. The molecule has 0 aromatic heterocycles. The molecule has 3 fully saturated rings. The Bertz CT molecular complexity index is 1250. The summed E-state index contributed by atoms with van der Waals surface area (Å²) in [7, 11) is 2.79. The Hall–Kier alpha value is -2.55. The lowest BCUT2D eigenvalue weighted by molar-refractivity contribution is -0.145. The van der Waals surface area contributed by atoms with Gasteiger partial charge in [0.05, 0.1) is 54.4 Å². The second-order valence-corrected chi connectivity index (χ2v) is 11.1. The second-order valence-electron chi connectivity index (χ2n) is 10.3. The lowest BCUT2D eigenvalue weighted by Gasteiger charge is -2.49. The van der Waals surface area contributed by atoms with Crippen LogP contribution in [0, 0.1) is 5.82 Å². The van der Waals surface area contributed by atoms with Crippen LogP contribution in [0.2, 0.25) is 10.0 Å². The van der Waals surface area contributed by atoms with Gasteiger partial charge in [0.2, 0.25) is 5.91 Å². The van der Waals surface area contributed by atoms with E-state index >= 15 is 4.39 Å². The monoisotopic (exact) mass is 564 g/mol. The molecule has 1 heterocycles. The van der Waals surface area contributed by atoms with Gasteiger partial charge in [-0.1, -0.05) is 42.1 Å². The fraction of sp³-hybridized carbons (Fsp3) is 0.500. The molecule has 5 rings (SSSR count). The van der Waals surface area contributed by atoms with Crippen molar-refractivity contribution in [2.24, 2.45) is 0 Å². The minimum atomic E-state index is -0.755. The van der Waals surface area contributed by atoms with Crippen LogP contribution in [0.4, 0.5) is 4.39 Å². The molecule has 2 atom stereocenters. The SMILES string of the molecule is COc1cc(OC)c(F)c(C(=O)N2CCO[C@]3(CCCC[C@@H]3NC(=O)C3(c4ccc(Cl)c(Cl)c4)CC3)C2)c1. The van der Waals surface area contributed by atoms with Crippen LogP contribution in [-0.4, -0.2) is 62.3 Å². The predicted molar refractivity (Wildman–Crippen MR) is 142 cm³/mol. The van der Waals surface area contributed by atoms with Crippen LogP contribution in [0.15, 0.2) is 30.3 Å². The molecule has 2 aromatic carbocycles. The largest absolute Gasteiger partial charge is 0.497 e. The number of methoxy groups -OCH3 is 2. The number of hydrogen-bond donors (Lipinski definition) is 1. The number of nitrogens with zero attached hydrogens (tertiary/aromatic N) is 1. The van der Waals surface area contributed by atoms with Crippen molar-refractivity contribution in [2.45, 2.75) is 55.6 Å². The Morgan fingerprint density at radius 3 is 2.55 bits per heavy atom. The summed E-state index contributed by atoms with van der Waals surface area (Å²) in [4.78, 5) is 28.8. The molecule has 0 unspecified atom stereocenters. The number of hydrogen-bond acceptors (Lipinski definition) is 5. The fourth-order valence-electron chi connectivity index (χ4n) is 5.78. The van der Waals surface area contributed by atoms with Crippen LogP contribution in [-0.2, 0) is 14.9 Å². The molecule has 10 heteroatoms. The molecule has 2 aliphatic carbocycles. The van der Waals surface area contributed by atoms with Crippen molar-refractivity contribution in [3.63, 3.8) is 0 Å². The van der Waals surface area contributed by atoms with Gasteiger partial charge >= 0.3 is 0 Å². The van der Waals surface area contributed by atoms with Gasteiger partial charge in [-0.15, -0.1) is 0 Å². The van der Waals surface area contributed by atoms with Crippen molar-refractivity contribution in [2.75, 3.05) is 33.9 Å². The maximum atomic E-state index is 15.1. The Balaban J connectivity index is 1.37. The van der Waals surface area contributed by atoms with Crippen molar-refractivity contribution in [1.29, 1.82) is 0 Å². The van der Waals surface area contributed by atoms with Gasteiger partial charge in [0.1, 0.15) is 11.4 Å². The standard InChI is InChI=1S/C28H31Cl2FN2O5/c1-36-18-14-19(24(31)22(15-18)37-2)25(34)33-11-12-38-28(16-33)8-4-3-5-23(28)32-26(35)27(9-10-27)17-6-7-20(29)21(30)13-17/h6-7,13-15,23H,3-5,8-12,16H2,1-2H3,(H,32,35)/t23-,28+/m0/s1. The highest BCUT2D eigenvalue weighted by Gasteiger charge is 2.54. The number of benzene rings is 2. The molecule has 0 bridgehead atoms. The van der Waals surface area contributed by atoms with E-state index < -0.39 is 22.7 Å². The zero-order valence-corrected chi connectivity index (χ0v) is 23.0. The van der Waals surface area contributed by atoms with E-state index in [2.05, 4.69) is 5.32 Å². The van der Waals surface area contributed by atoms with Crippen LogP contribution in [0.25, 0.3) is 0 Å². The Morgan fingerprint density at radius 1 is 1.08 bits per heavy atom. The van der Waals surface area contributed by atoms with Crippen LogP contribution in [0.5, 0.6) is 11.5 Å². The number of halogens is 3. The number of rotatable bonds is 6. The zero-order chi connectivity index (χ0) is 27.1. The maximum absolute atomic E-state index is 15.1. The van der Waals surface area contributed by atoms with Gasteiger partial charge in [-0.3, -0.25) is 9.59 Å². The van der Waals surface area contributed by atoms with Crippen molar-refractivity contribution in [1.82, 2.24) is 10.2 Å². The van der Waals surface area contributed by atoms with Gasteiger partial charge in [0, 0.05) is 12.6 Å². The smallest absolute Gasteiger partial charge is 0.257 e. The van der Waals surface area contributed by atoms with Crippen molar-refractivity contribution < 1.29 is 28.2 Å². The normalized spacial score (nSPS) is 24.1. The average molecular weight is 565 g/mol. The third-order valence-electron chi connectivity index (χ3n) is 8.14. The molecule has 7 nitrogen and oxygen atoms in total. The molecular formula is C28H31Cl2FN2O5. The fourth-order valence-corrected chi connectivity index (χ4v) is 6.08. The van der Waals surface area contributed by atoms with Gasteiger partial charge in [0.15, 0.2) is 11.6 Å². The maximum Gasteiger partial charge on any atom is 0.257 e. The number of morpholine rings is 1. The summed E-state index contributed by atoms with van der Waals surface area (Å²) < 4.78 is 31.8. The summed E-state index contributed by atoms with van der Waals surface area (Å²) >= 11 is 12.3. The molecule has 1 aliphatic heterocycles. The molecule has 2 aromatic rings. The van der Waals surface area contributed by atoms with E-state index in [1.54, 1.807) is 17.0 Å². The molecule has 0 radical (unpaired) electrons. The minimum Gasteiger partial charge on any atom is -0.497 e. The molecule has 1 saturated heterocycles. The first kappa shape index (κ1) is 27.0. The summed E-state index contributed by atoms with van der Waals surface area (Å²) in [5.74, 6) is -1.00. The Morgan fingerprint density at radius 2 is 1.87 bits per heavy atom. The number of ether oxygens (including phenoxy) is 3. The number of nitrogens with one attached hydrogen (secondary N) is 1. The van der Waals surface area contributed by atoms with Crippen molar-refractivity contribution in [3.8, 4) is 11.5 Å². The Labute approximate surface area is 231 Å². The molecule has 1 spiro atoms. The molecule has 3 aliphatic rings. The van der Waals surface area contributed by atoms with E-state index in [1.165, 1.54) is 26.4 Å².